The lowest BCUT2D eigenvalue weighted by Gasteiger charge is -2.26. The second-order valence-electron chi connectivity index (χ2n) is 7.41. The van der Waals surface area contributed by atoms with Crippen molar-refractivity contribution in [1.82, 2.24) is 4.90 Å². The van der Waals surface area contributed by atoms with Gasteiger partial charge in [-0.2, -0.15) is 0 Å². The van der Waals surface area contributed by atoms with Crippen LogP contribution in [0.4, 0.5) is 0 Å². The fourth-order valence-electron chi connectivity index (χ4n) is 3.54. The van der Waals surface area contributed by atoms with Crippen LogP contribution in [-0.4, -0.2) is 31.1 Å². The minimum atomic E-state index is 0.596. The lowest BCUT2D eigenvalue weighted by Crippen LogP contribution is -2.30. The summed E-state index contributed by atoms with van der Waals surface area (Å²) in [5.41, 5.74) is 1.18. The lowest BCUT2D eigenvalue weighted by atomic mass is 10.1. The molecule has 3 nitrogen and oxygen atoms in total. The summed E-state index contributed by atoms with van der Waals surface area (Å²) in [4.78, 5) is 2.63. The maximum Gasteiger partial charge on any atom is 0.120 e. The summed E-state index contributed by atoms with van der Waals surface area (Å²) in [6.45, 7) is 5.31. The molecule has 0 bridgehead atoms. The first-order valence-corrected chi connectivity index (χ1v) is 10.5. The van der Waals surface area contributed by atoms with Crippen LogP contribution in [0, 0.1) is 0 Å². The number of hydrogen-bond donors (Lipinski definition) is 0. The summed E-state index contributed by atoms with van der Waals surface area (Å²) in [6, 6.07) is 18.2. The van der Waals surface area contributed by atoms with Crippen molar-refractivity contribution < 1.29 is 9.47 Å². The van der Waals surface area contributed by atoms with Gasteiger partial charge in [-0.05, 0) is 75.1 Å². The van der Waals surface area contributed by atoms with E-state index < -0.39 is 0 Å². The van der Waals surface area contributed by atoms with Gasteiger partial charge in [0.25, 0.3) is 0 Å². The largest absolute Gasteiger partial charge is 0.494 e. The predicted octanol–water partition coefficient (Wildman–Crippen LogP) is 5.69. The molecule has 0 unspecified atom stereocenters. The van der Waals surface area contributed by atoms with Gasteiger partial charge >= 0.3 is 0 Å². The fraction of sp³-hybridized carbons (Fsp3) is 0.500. The molecule has 2 aromatic rings. The first kappa shape index (κ1) is 19.8. The first-order valence-electron chi connectivity index (χ1n) is 10.5. The Morgan fingerprint density at radius 3 is 2.07 bits per heavy atom. The van der Waals surface area contributed by atoms with E-state index in [1.54, 1.807) is 0 Å². The molecule has 0 aliphatic carbocycles. The van der Waals surface area contributed by atoms with Crippen LogP contribution in [-0.2, 0) is 6.61 Å². The van der Waals surface area contributed by atoms with Crippen LogP contribution in [0.25, 0.3) is 0 Å². The first-order chi connectivity index (χ1) is 13.4. The number of ether oxygens (including phenoxy) is 2. The van der Waals surface area contributed by atoms with Crippen molar-refractivity contribution in [3.05, 3.63) is 60.2 Å². The van der Waals surface area contributed by atoms with E-state index in [9.17, 15) is 0 Å². The third kappa shape index (κ3) is 7.64. The average molecular weight is 368 g/mol. The molecule has 0 saturated carbocycles. The molecule has 3 rings (SSSR count). The molecule has 1 aliphatic rings. The molecule has 146 valence electrons. The topological polar surface area (TPSA) is 21.7 Å². The van der Waals surface area contributed by atoms with Crippen molar-refractivity contribution in [2.75, 3.05) is 26.2 Å². The fourth-order valence-corrected chi connectivity index (χ4v) is 3.54. The van der Waals surface area contributed by atoms with Gasteiger partial charge in [0.2, 0.25) is 0 Å². The summed E-state index contributed by atoms with van der Waals surface area (Å²) in [5, 5.41) is 0. The summed E-state index contributed by atoms with van der Waals surface area (Å²) in [5.74, 6) is 1.80. The van der Waals surface area contributed by atoms with E-state index in [0.29, 0.717) is 6.61 Å². The highest BCUT2D eigenvalue weighted by Gasteiger charge is 2.08. The molecule has 1 saturated heterocycles. The van der Waals surface area contributed by atoms with E-state index in [0.717, 1.165) is 24.5 Å². The Balaban J connectivity index is 1.23. The second kappa shape index (κ2) is 11.7. The molecule has 1 heterocycles. The van der Waals surface area contributed by atoms with Crippen LogP contribution < -0.4 is 9.47 Å². The molecule has 1 aliphatic heterocycles. The van der Waals surface area contributed by atoms with E-state index in [-0.39, 0.29) is 0 Å². The molecule has 0 spiro atoms. The highest BCUT2D eigenvalue weighted by molar-refractivity contribution is 5.31. The van der Waals surface area contributed by atoms with E-state index in [2.05, 4.69) is 17.0 Å². The number of nitrogens with zero attached hydrogens (tertiary/aromatic N) is 1. The Morgan fingerprint density at radius 1 is 0.667 bits per heavy atom. The van der Waals surface area contributed by atoms with Crippen molar-refractivity contribution in [1.29, 1.82) is 0 Å². The molecule has 0 amide bonds. The third-order valence-corrected chi connectivity index (χ3v) is 5.16. The number of likely N-dealkylation sites (tertiary alicyclic amines) is 1. The van der Waals surface area contributed by atoms with Crippen molar-refractivity contribution in [3.63, 3.8) is 0 Å². The number of benzene rings is 2. The monoisotopic (exact) mass is 367 g/mol. The predicted molar refractivity (Wildman–Crippen MR) is 111 cm³/mol. The van der Waals surface area contributed by atoms with Gasteiger partial charge in [-0.1, -0.05) is 49.6 Å². The maximum absolute atomic E-state index is 5.85. The van der Waals surface area contributed by atoms with Gasteiger partial charge in [0, 0.05) is 0 Å². The summed E-state index contributed by atoms with van der Waals surface area (Å²) >= 11 is 0. The van der Waals surface area contributed by atoms with Crippen molar-refractivity contribution in [3.8, 4) is 11.5 Å². The highest BCUT2D eigenvalue weighted by Crippen LogP contribution is 2.19. The Morgan fingerprint density at radius 2 is 1.33 bits per heavy atom. The van der Waals surface area contributed by atoms with Crippen LogP contribution in [0.1, 0.15) is 50.5 Å². The van der Waals surface area contributed by atoms with Gasteiger partial charge in [-0.15, -0.1) is 0 Å². The zero-order chi connectivity index (χ0) is 18.6. The Hall–Kier alpha value is -2.00. The minimum Gasteiger partial charge on any atom is -0.494 e. The molecule has 3 heteroatoms. The lowest BCUT2D eigenvalue weighted by molar-refractivity contribution is 0.223. The van der Waals surface area contributed by atoms with Crippen LogP contribution >= 0.6 is 0 Å². The zero-order valence-electron chi connectivity index (χ0n) is 16.4. The van der Waals surface area contributed by atoms with Crippen LogP contribution in [0.3, 0.4) is 0 Å². The molecule has 0 N–H and O–H groups in total. The van der Waals surface area contributed by atoms with Gasteiger partial charge in [-0.25, -0.2) is 0 Å². The van der Waals surface area contributed by atoms with Crippen molar-refractivity contribution in [2.45, 2.75) is 51.6 Å². The third-order valence-electron chi connectivity index (χ3n) is 5.16. The number of rotatable bonds is 11. The molecule has 1 fully saturated rings. The number of hydrogen-bond acceptors (Lipinski definition) is 3. The van der Waals surface area contributed by atoms with E-state index in [1.165, 1.54) is 63.7 Å². The standard InChI is InChI=1S/C24H33NO2/c1(7-17-25-18-8-4-9-19-25)2-10-20-26-23-13-15-24(16-14-23)27-21-22-11-5-3-6-12-22/h3,5-6,11-16H,1-2,4,7-10,17-21H2. The Labute approximate surface area is 164 Å². The van der Waals surface area contributed by atoms with Crippen LogP contribution in [0.5, 0.6) is 11.5 Å². The van der Waals surface area contributed by atoms with Crippen molar-refractivity contribution >= 4 is 0 Å². The molecule has 27 heavy (non-hydrogen) atoms. The Kier molecular flexibility index (Phi) is 8.53. The van der Waals surface area contributed by atoms with Gasteiger partial charge in [0.15, 0.2) is 0 Å². The highest BCUT2D eigenvalue weighted by atomic mass is 16.5. The van der Waals surface area contributed by atoms with Gasteiger partial charge < -0.3 is 14.4 Å². The minimum absolute atomic E-state index is 0.596. The number of unbranched alkanes of at least 4 members (excludes halogenated alkanes) is 3. The van der Waals surface area contributed by atoms with E-state index in [1.807, 2.05) is 42.5 Å². The van der Waals surface area contributed by atoms with Crippen molar-refractivity contribution in [2.24, 2.45) is 0 Å². The smallest absolute Gasteiger partial charge is 0.120 e. The molecular formula is C24H33NO2. The van der Waals surface area contributed by atoms with Gasteiger partial charge in [0.05, 0.1) is 6.61 Å². The van der Waals surface area contributed by atoms with Crippen LogP contribution in [0.2, 0.25) is 0 Å². The normalized spacial score (nSPS) is 14.8. The number of piperidine rings is 1. The molecule has 0 aromatic heterocycles. The SMILES string of the molecule is c1ccc(COc2ccc(OCCCCCCN3CCCCC3)cc2)cc1. The quantitative estimate of drug-likeness (QED) is 0.476. The molecular weight excluding hydrogens is 334 g/mol. The van der Waals surface area contributed by atoms with Crippen LogP contribution in [0.15, 0.2) is 54.6 Å². The van der Waals surface area contributed by atoms with E-state index in [4.69, 9.17) is 9.47 Å². The molecule has 0 atom stereocenters. The zero-order valence-corrected chi connectivity index (χ0v) is 16.4. The summed E-state index contributed by atoms with van der Waals surface area (Å²) in [7, 11) is 0. The summed E-state index contributed by atoms with van der Waals surface area (Å²) < 4.78 is 11.7. The summed E-state index contributed by atoms with van der Waals surface area (Å²) in [6.07, 6.45) is 9.24. The van der Waals surface area contributed by atoms with Gasteiger partial charge in [-0.3, -0.25) is 0 Å². The van der Waals surface area contributed by atoms with E-state index >= 15 is 0 Å². The second-order valence-corrected chi connectivity index (χ2v) is 7.41. The molecule has 0 radical (unpaired) electrons. The molecule has 2 aromatic carbocycles. The van der Waals surface area contributed by atoms with Gasteiger partial charge in [0.1, 0.15) is 18.1 Å². The maximum atomic E-state index is 5.85. The Bertz CT molecular complexity index is 621. The average Bonchev–Trinajstić information content (AvgIpc) is 2.74.